The topological polar surface area (TPSA) is 20.3 Å². The number of aryl methyl sites for hydroxylation is 1. The summed E-state index contributed by atoms with van der Waals surface area (Å²) in [7, 11) is 0. The van der Waals surface area contributed by atoms with Crippen LogP contribution in [0.5, 0.6) is 0 Å². The first-order valence-corrected chi connectivity index (χ1v) is 10.5. The van der Waals surface area contributed by atoms with Gasteiger partial charge in [0.1, 0.15) is 0 Å². The molecule has 1 aliphatic heterocycles. The van der Waals surface area contributed by atoms with Gasteiger partial charge in [0.05, 0.1) is 6.04 Å². The Morgan fingerprint density at radius 3 is 2.14 bits per heavy atom. The number of allylic oxidation sites excluding steroid dienone is 1. The lowest BCUT2D eigenvalue weighted by atomic mass is 9.94. The summed E-state index contributed by atoms with van der Waals surface area (Å²) in [5.41, 5.74) is 5.04. The summed E-state index contributed by atoms with van der Waals surface area (Å²) < 4.78 is 0. The first kappa shape index (κ1) is 19.2. The van der Waals surface area contributed by atoms with Gasteiger partial charge in [-0.25, -0.2) is 0 Å². The van der Waals surface area contributed by atoms with E-state index in [-0.39, 0.29) is 11.8 Å². The maximum atomic E-state index is 12.1. The number of ketones is 1. The Balaban J connectivity index is 1.40. The van der Waals surface area contributed by atoms with Crippen molar-refractivity contribution in [2.75, 3.05) is 6.54 Å². The molecule has 1 heterocycles. The van der Waals surface area contributed by atoms with Crippen LogP contribution in [0.15, 0.2) is 97.2 Å². The van der Waals surface area contributed by atoms with Gasteiger partial charge < -0.3 is 4.90 Å². The van der Waals surface area contributed by atoms with Crippen LogP contribution in [-0.2, 0) is 11.2 Å². The van der Waals surface area contributed by atoms with Crippen molar-refractivity contribution in [1.29, 1.82) is 0 Å². The normalized spacial score (nSPS) is 16.2. The van der Waals surface area contributed by atoms with E-state index in [2.05, 4.69) is 83.8 Å². The van der Waals surface area contributed by atoms with Gasteiger partial charge in [-0.1, -0.05) is 84.9 Å². The number of carbonyl (C=O) groups excluding carboxylic acids is 1. The van der Waals surface area contributed by atoms with Crippen molar-refractivity contribution in [2.45, 2.75) is 31.7 Å². The lowest BCUT2D eigenvalue weighted by molar-refractivity contribution is -0.116. The molecule has 1 atom stereocenters. The number of rotatable bonds is 7. The van der Waals surface area contributed by atoms with E-state index >= 15 is 0 Å². The van der Waals surface area contributed by atoms with Crippen LogP contribution in [-0.4, -0.2) is 17.2 Å². The highest BCUT2D eigenvalue weighted by Gasteiger charge is 2.23. The van der Waals surface area contributed by atoms with Crippen molar-refractivity contribution in [3.63, 3.8) is 0 Å². The molecule has 2 nitrogen and oxygen atoms in total. The monoisotopic (exact) mass is 381 g/mol. The molecule has 0 radical (unpaired) electrons. The smallest absolute Gasteiger partial charge is 0.159 e. The van der Waals surface area contributed by atoms with E-state index in [0.29, 0.717) is 6.42 Å². The summed E-state index contributed by atoms with van der Waals surface area (Å²) in [5.74, 6) is 0.211. The molecule has 146 valence electrons. The van der Waals surface area contributed by atoms with Gasteiger partial charge in [-0.05, 0) is 47.6 Å². The summed E-state index contributed by atoms with van der Waals surface area (Å²) in [6.07, 6.45) is 7.65. The summed E-state index contributed by atoms with van der Waals surface area (Å²) in [4.78, 5) is 14.4. The first-order valence-electron chi connectivity index (χ1n) is 10.5. The summed E-state index contributed by atoms with van der Waals surface area (Å²) >= 11 is 0. The molecule has 0 N–H and O–H groups in total. The highest BCUT2D eigenvalue weighted by molar-refractivity contribution is 5.91. The lowest BCUT2D eigenvalue weighted by Gasteiger charge is -2.33. The third-order valence-corrected chi connectivity index (χ3v) is 5.62. The molecule has 3 aromatic carbocycles. The van der Waals surface area contributed by atoms with Crippen LogP contribution in [0.1, 0.15) is 36.4 Å². The fraction of sp³-hybridized carbons (Fsp3) is 0.222. The summed E-state index contributed by atoms with van der Waals surface area (Å²) in [6.45, 7) is 0.974. The maximum absolute atomic E-state index is 12.1. The zero-order valence-electron chi connectivity index (χ0n) is 16.7. The summed E-state index contributed by atoms with van der Waals surface area (Å²) in [5, 5.41) is 0. The van der Waals surface area contributed by atoms with E-state index in [4.69, 9.17) is 0 Å². The molecule has 2 heteroatoms. The molecule has 0 aliphatic carbocycles. The Bertz CT molecular complexity index is 945. The second-order valence-electron chi connectivity index (χ2n) is 7.67. The van der Waals surface area contributed by atoms with Crippen molar-refractivity contribution in [3.8, 4) is 11.1 Å². The van der Waals surface area contributed by atoms with E-state index in [1.54, 1.807) is 6.08 Å². The highest BCUT2D eigenvalue weighted by atomic mass is 16.1. The molecule has 0 spiro atoms. The Morgan fingerprint density at radius 2 is 1.41 bits per heavy atom. The number of hydrogen-bond donors (Lipinski definition) is 0. The average Bonchev–Trinajstić information content (AvgIpc) is 2.79. The predicted octanol–water partition coefficient (Wildman–Crippen LogP) is 6.21. The minimum Gasteiger partial charge on any atom is -0.370 e. The predicted molar refractivity (Wildman–Crippen MR) is 119 cm³/mol. The molecule has 29 heavy (non-hydrogen) atoms. The molecule has 1 aliphatic rings. The van der Waals surface area contributed by atoms with E-state index < -0.39 is 0 Å². The second kappa shape index (κ2) is 9.38. The van der Waals surface area contributed by atoms with Gasteiger partial charge in [-0.3, -0.25) is 4.79 Å². The molecule has 0 saturated carbocycles. The van der Waals surface area contributed by atoms with Crippen molar-refractivity contribution in [3.05, 3.63) is 108 Å². The van der Waals surface area contributed by atoms with Crippen molar-refractivity contribution < 1.29 is 4.79 Å². The van der Waals surface area contributed by atoms with Crippen LogP contribution >= 0.6 is 0 Å². The van der Waals surface area contributed by atoms with Crippen LogP contribution < -0.4 is 0 Å². The zero-order chi connectivity index (χ0) is 19.9. The zero-order valence-corrected chi connectivity index (χ0v) is 16.7. The van der Waals surface area contributed by atoms with Crippen molar-refractivity contribution in [1.82, 2.24) is 4.90 Å². The molecule has 0 aromatic heterocycles. The first-order chi connectivity index (χ1) is 14.3. The molecule has 3 aromatic rings. The quantitative estimate of drug-likeness (QED) is 0.454. The standard InChI is InChI=1S/C27H27NO/c29-26-18-20-28(19-8-7-11-22-9-3-1-4-10-22)27(21-26)25-16-14-24(15-17-25)23-12-5-2-6-13-23/h1-6,9-10,12-18,20,27H,7-8,11,19,21H2. The second-order valence-corrected chi connectivity index (χ2v) is 7.67. The molecule has 0 bridgehead atoms. The number of nitrogens with zero attached hydrogens (tertiary/aromatic N) is 1. The van der Waals surface area contributed by atoms with Gasteiger partial charge in [0.25, 0.3) is 0 Å². The van der Waals surface area contributed by atoms with Crippen LogP contribution in [0.3, 0.4) is 0 Å². The molecule has 0 fully saturated rings. The van der Waals surface area contributed by atoms with E-state index in [9.17, 15) is 4.79 Å². The Morgan fingerprint density at radius 1 is 0.759 bits per heavy atom. The van der Waals surface area contributed by atoms with E-state index in [1.165, 1.54) is 22.3 Å². The summed E-state index contributed by atoms with van der Waals surface area (Å²) in [6, 6.07) is 29.9. The number of carbonyl (C=O) groups is 1. The van der Waals surface area contributed by atoms with Crippen LogP contribution in [0.25, 0.3) is 11.1 Å². The minimum absolute atomic E-state index is 0.133. The highest BCUT2D eigenvalue weighted by Crippen LogP contribution is 2.30. The molecule has 1 unspecified atom stereocenters. The van der Waals surface area contributed by atoms with Gasteiger partial charge in [0.15, 0.2) is 5.78 Å². The number of hydrogen-bond acceptors (Lipinski definition) is 2. The van der Waals surface area contributed by atoms with Gasteiger partial charge in [0.2, 0.25) is 0 Å². The van der Waals surface area contributed by atoms with Gasteiger partial charge in [-0.15, -0.1) is 0 Å². The fourth-order valence-electron chi connectivity index (χ4n) is 3.99. The van der Waals surface area contributed by atoms with Gasteiger partial charge >= 0.3 is 0 Å². The number of benzene rings is 3. The van der Waals surface area contributed by atoms with Crippen molar-refractivity contribution >= 4 is 5.78 Å². The van der Waals surface area contributed by atoms with Gasteiger partial charge in [0, 0.05) is 19.2 Å². The molecule has 0 saturated heterocycles. The Hall–Kier alpha value is -3.13. The number of unbranched alkanes of at least 4 members (excludes halogenated alkanes) is 1. The molecular formula is C27H27NO. The third kappa shape index (κ3) is 5.03. The lowest BCUT2D eigenvalue weighted by Crippen LogP contribution is -2.30. The van der Waals surface area contributed by atoms with Crippen LogP contribution in [0, 0.1) is 0 Å². The van der Waals surface area contributed by atoms with Crippen LogP contribution in [0.4, 0.5) is 0 Å². The molecular weight excluding hydrogens is 354 g/mol. The molecule has 0 amide bonds. The van der Waals surface area contributed by atoms with E-state index in [0.717, 1.165) is 25.8 Å². The Kier molecular flexibility index (Phi) is 6.21. The third-order valence-electron chi connectivity index (χ3n) is 5.62. The Labute approximate surface area is 173 Å². The fourth-order valence-corrected chi connectivity index (χ4v) is 3.99. The maximum Gasteiger partial charge on any atom is 0.159 e. The van der Waals surface area contributed by atoms with Gasteiger partial charge in [-0.2, -0.15) is 0 Å². The van der Waals surface area contributed by atoms with E-state index in [1.807, 2.05) is 12.3 Å². The SMILES string of the molecule is O=C1C=CN(CCCCc2ccccc2)C(c2ccc(-c3ccccc3)cc2)C1. The van der Waals surface area contributed by atoms with Crippen LogP contribution in [0.2, 0.25) is 0 Å². The van der Waals surface area contributed by atoms with Crippen molar-refractivity contribution in [2.24, 2.45) is 0 Å². The largest absolute Gasteiger partial charge is 0.370 e. The minimum atomic E-state index is 0.133. The molecule has 4 rings (SSSR count). The average molecular weight is 382 g/mol.